The van der Waals surface area contributed by atoms with E-state index >= 15 is 0 Å². The van der Waals surface area contributed by atoms with Crippen LogP contribution in [-0.4, -0.2) is 35.1 Å². The molecule has 0 fully saturated rings. The SMILES string of the molecule is CCCCNC(=O)[C@@H](Cc1ccccc1)N(Cc1ccc(Cl)cc1Cl)C(=O)CSCc1cc(C)cc(C)c1. The van der Waals surface area contributed by atoms with Gasteiger partial charge in [0.25, 0.3) is 0 Å². The quantitative estimate of drug-likeness (QED) is 0.218. The summed E-state index contributed by atoms with van der Waals surface area (Å²) < 4.78 is 0. The Bertz CT molecular complexity index is 1200. The van der Waals surface area contributed by atoms with Gasteiger partial charge in [-0.3, -0.25) is 9.59 Å². The number of carbonyl (C=O) groups excluding carboxylic acids is 2. The number of nitrogens with one attached hydrogen (secondary N) is 1. The predicted octanol–water partition coefficient (Wildman–Crippen LogP) is 7.40. The molecule has 0 saturated heterocycles. The number of hydrogen-bond acceptors (Lipinski definition) is 3. The van der Waals surface area contributed by atoms with Crippen LogP contribution in [0.3, 0.4) is 0 Å². The highest BCUT2D eigenvalue weighted by atomic mass is 35.5. The Morgan fingerprint density at radius 2 is 1.66 bits per heavy atom. The van der Waals surface area contributed by atoms with Gasteiger partial charge in [0.05, 0.1) is 5.75 Å². The van der Waals surface area contributed by atoms with E-state index in [1.165, 1.54) is 16.7 Å². The second kappa shape index (κ2) is 15.2. The minimum absolute atomic E-state index is 0.100. The molecule has 0 radical (unpaired) electrons. The highest BCUT2D eigenvalue weighted by molar-refractivity contribution is 7.99. The van der Waals surface area contributed by atoms with Gasteiger partial charge in [-0.25, -0.2) is 0 Å². The Morgan fingerprint density at radius 3 is 2.32 bits per heavy atom. The van der Waals surface area contributed by atoms with Crippen LogP contribution in [0.4, 0.5) is 0 Å². The molecule has 0 aromatic heterocycles. The summed E-state index contributed by atoms with van der Waals surface area (Å²) >= 11 is 14.2. The van der Waals surface area contributed by atoms with Crippen molar-refractivity contribution in [1.82, 2.24) is 10.2 Å². The molecule has 0 aliphatic rings. The van der Waals surface area contributed by atoms with Gasteiger partial charge in [0, 0.05) is 35.3 Å². The lowest BCUT2D eigenvalue weighted by atomic mass is 10.0. The molecule has 38 heavy (non-hydrogen) atoms. The molecule has 7 heteroatoms. The number of unbranched alkanes of at least 4 members (excludes halogenated alkanes) is 1. The normalized spacial score (nSPS) is 11.7. The van der Waals surface area contributed by atoms with Gasteiger partial charge in [-0.2, -0.15) is 0 Å². The lowest BCUT2D eigenvalue weighted by Gasteiger charge is -2.32. The summed E-state index contributed by atoms with van der Waals surface area (Å²) in [5.41, 5.74) is 5.34. The standard InChI is InChI=1S/C31H36Cl2N2O2S/c1-4-5-13-34-31(37)29(17-24-9-7-6-8-10-24)35(19-26-11-12-27(32)18-28(26)33)30(36)21-38-20-25-15-22(2)14-23(3)16-25/h6-12,14-16,18,29H,4-5,13,17,19-21H2,1-3H3,(H,34,37)/t29-/m1/s1. The van der Waals surface area contributed by atoms with Crippen LogP contribution < -0.4 is 5.32 Å². The van der Waals surface area contributed by atoms with Crippen molar-refractivity contribution in [3.63, 3.8) is 0 Å². The number of nitrogens with zero attached hydrogens (tertiary/aromatic N) is 1. The van der Waals surface area contributed by atoms with E-state index in [2.05, 4.69) is 44.3 Å². The summed E-state index contributed by atoms with van der Waals surface area (Å²) in [7, 11) is 0. The molecule has 0 heterocycles. The first-order valence-electron chi connectivity index (χ1n) is 13.0. The van der Waals surface area contributed by atoms with Gasteiger partial charge < -0.3 is 10.2 Å². The molecule has 0 aliphatic heterocycles. The molecule has 3 aromatic rings. The number of amides is 2. The zero-order valence-electron chi connectivity index (χ0n) is 22.3. The van der Waals surface area contributed by atoms with E-state index < -0.39 is 6.04 Å². The maximum Gasteiger partial charge on any atom is 0.243 e. The smallest absolute Gasteiger partial charge is 0.243 e. The monoisotopic (exact) mass is 570 g/mol. The van der Waals surface area contributed by atoms with Gasteiger partial charge in [-0.05, 0) is 49.1 Å². The maximum absolute atomic E-state index is 13.8. The molecule has 0 saturated carbocycles. The third-order valence-electron chi connectivity index (χ3n) is 6.23. The van der Waals surface area contributed by atoms with Crippen molar-refractivity contribution in [3.05, 3.63) is 105 Å². The van der Waals surface area contributed by atoms with E-state index in [0.29, 0.717) is 23.0 Å². The van der Waals surface area contributed by atoms with Crippen molar-refractivity contribution in [3.8, 4) is 0 Å². The fourth-order valence-electron chi connectivity index (χ4n) is 4.38. The average Bonchev–Trinajstić information content (AvgIpc) is 2.87. The summed E-state index contributed by atoms with van der Waals surface area (Å²) in [6.07, 6.45) is 2.27. The molecule has 4 nitrogen and oxygen atoms in total. The topological polar surface area (TPSA) is 49.4 Å². The van der Waals surface area contributed by atoms with Crippen LogP contribution in [0.5, 0.6) is 0 Å². The number of halogens is 2. The number of aryl methyl sites for hydroxylation is 2. The van der Waals surface area contributed by atoms with E-state index in [0.717, 1.165) is 29.7 Å². The van der Waals surface area contributed by atoms with E-state index in [9.17, 15) is 9.59 Å². The highest BCUT2D eigenvalue weighted by Crippen LogP contribution is 2.25. The molecule has 1 atom stereocenters. The van der Waals surface area contributed by atoms with Crippen molar-refractivity contribution in [2.45, 2.75) is 58.4 Å². The van der Waals surface area contributed by atoms with E-state index in [1.54, 1.807) is 28.8 Å². The first kappa shape index (κ1) is 30.1. The Morgan fingerprint density at radius 1 is 0.947 bits per heavy atom. The molecule has 1 N–H and O–H groups in total. The molecule has 2 amide bonds. The van der Waals surface area contributed by atoms with Crippen LogP contribution in [0.15, 0.2) is 66.7 Å². The second-order valence-electron chi connectivity index (χ2n) is 9.60. The van der Waals surface area contributed by atoms with E-state index in [1.807, 2.05) is 36.4 Å². The van der Waals surface area contributed by atoms with Gasteiger partial charge in [0.2, 0.25) is 11.8 Å². The number of thioether (sulfide) groups is 1. The van der Waals surface area contributed by atoms with Crippen molar-refractivity contribution < 1.29 is 9.59 Å². The van der Waals surface area contributed by atoms with Crippen LogP contribution in [-0.2, 0) is 28.3 Å². The number of carbonyl (C=O) groups is 2. The fraction of sp³-hybridized carbons (Fsp3) is 0.355. The van der Waals surface area contributed by atoms with Crippen molar-refractivity contribution in [2.75, 3.05) is 12.3 Å². The van der Waals surface area contributed by atoms with Crippen LogP contribution in [0.2, 0.25) is 10.0 Å². The molecule has 0 aliphatic carbocycles. The third-order valence-corrected chi connectivity index (χ3v) is 7.81. The van der Waals surface area contributed by atoms with Crippen LogP contribution in [0.1, 0.15) is 47.6 Å². The predicted molar refractivity (Wildman–Crippen MR) is 161 cm³/mol. The van der Waals surface area contributed by atoms with E-state index in [-0.39, 0.29) is 24.1 Å². The zero-order chi connectivity index (χ0) is 27.5. The third kappa shape index (κ3) is 9.37. The van der Waals surface area contributed by atoms with Gasteiger partial charge in [0.15, 0.2) is 0 Å². The molecule has 3 rings (SSSR count). The molecule has 0 unspecified atom stereocenters. The summed E-state index contributed by atoms with van der Waals surface area (Å²) in [6, 6.07) is 20.8. The Hall–Kier alpha value is -2.47. The first-order valence-corrected chi connectivity index (χ1v) is 14.9. The molecule has 0 bridgehead atoms. The minimum Gasteiger partial charge on any atom is -0.354 e. The van der Waals surface area contributed by atoms with Crippen LogP contribution >= 0.6 is 35.0 Å². The van der Waals surface area contributed by atoms with Gasteiger partial charge in [0.1, 0.15) is 6.04 Å². The lowest BCUT2D eigenvalue weighted by molar-refractivity contribution is -0.139. The lowest BCUT2D eigenvalue weighted by Crippen LogP contribution is -2.51. The summed E-state index contributed by atoms with van der Waals surface area (Å²) in [6.45, 7) is 7.03. The first-order chi connectivity index (χ1) is 18.3. The van der Waals surface area contributed by atoms with Crippen molar-refractivity contribution in [2.24, 2.45) is 0 Å². The molecular weight excluding hydrogens is 535 g/mol. The number of rotatable bonds is 13. The number of hydrogen-bond donors (Lipinski definition) is 1. The van der Waals surface area contributed by atoms with Crippen molar-refractivity contribution >= 4 is 46.8 Å². The Kier molecular flexibility index (Phi) is 12.0. The fourth-order valence-corrected chi connectivity index (χ4v) is 5.70. The largest absolute Gasteiger partial charge is 0.354 e. The highest BCUT2D eigenvalue weighted by Gasteiger charge is 2.30. The molecule has 0 spiro atoms. The second-order valence-corrected chi connectivity index (χ2v) is 11.4. The minimum atomic E-state index is -0.671. The molecular formula is C31H36Cl2N2O2S. The van der Waals surface area contributed by atoms with Gasteiger partial charge in [-0.1, -0.05) is 102 Å². The Labute approximate surface area is 241 Å². The average molecular weight is 572 g/mol. The Balaban J connectivity index is 1.86. The maximum atomic E-state index is 13.8. The van der Waals surface area contributed by atoms with Gasteiger partial charge in [-0.15, -0.1) is 11.8 Å². The number of benzene rings is 3. The molecule has 202 valence electrons. The van der Waals surface area contributed by atoms with Gasteiger partial charge >= 0.3 is 0 Å². The van der Waals surface area contributed by atoms with E-state index in [4.69, 9.17) is 23.2 Å². The summed E-state index contributed by atoms with van der Waals surface area (Å²) in [4.78, 5) is 29.0. The zero-order valence-corrected chi connectivity index (χ0v) is 24.6. The summed E-state index contributed by atoms with van der Waals surface area (Å²) in [5.74, 6) is 0.721. The summed E-state index contributed by atoms with van der Waals surface area (Å²) in [5, 5.41) is 4.05. The van der Waals surface area contributed by atoms with Crippen molar-refractivity contribution in [1.29, 1.82) is 0 Å². The van der Waals surface area contributed by atoms with Crippen LogP contribution in [0.25, 0.3) is 0 Å². The van der Waals surface area contributed by atoms with Crippen LogP contribution in [0, 0.1) is 13.8 Å². The molecule has 3 aromatic carbocycles.